The molecule has 0 saturated carbocycles. The Hall–Kier alpha value is -2.69. The Balaban J connectivity index is 0.00000189. The maximum absolute atomic E-state index is 5.42. The van der Waals surface area contributed by atoms with E-state index < -0.39 is 0 Å². The van der Waals surface area contributed by atoms with Crippen LogP contribution in [-0.2, 0) is 0 Å². The molecule has 0 spiro atoms. The molecular formula is C29H43N3S. The Morgan fingerprint density at radius 1 is 0.909 bits per heavy atom. The number of rotatable bonds is 7. The van der Waals surface area contributed by atoms with Gasteiger partial charge < -0.3 is 5.32 Å². The zero-order valence-corrected chi connectivity index (χ0v) is 22.5. The molecule has 0 bridgehead atoms. The molecule has 0 amide bonds. The van der Waals surface area contributed by atoms with E-state index in [0.717, 1.165) is 0 Å². The van der Waals surface area contributed by atoms with Gasteiger partial charge in [0, 0.05) is 6.04 Å². The molecule has 0 radical (unpaired) electrons. The van der Waals surface area contributed by atoms with Crippen LogP contribution in [0.4, 0.5) is 0 Å². The second-order valence-electron chi connectivity index (χ2n) is 7.56. The largest absolute Gasteiger partial charge is 0.355 e. The number of hydrazine groups is 1. The van der Waals surface area contributed by atoms with E-state index in [1.54, 1.807) is 6.08 Å². The molecule has 4 heteroatoms. The summed E-state index contributed by atoms with van der Waals surface area (Å²) in [6, 6.07) is 21.0. The number of benzene rings is 2. The summed E-state index contributed by atoms with van der Waals surface area (Å²) in [6.07, 6.45) is 3.98. The Labute approximate surface area is 208 Å². The van der Waals surface area contributed by atoms with Crippen LogP contribution in [0.3, 0.4) is 0 Å². The third-order valence-electron chi connectivity index (χ3n) is 4.98. The average Bonchev–Trinajstić information content (AvgIpc) is 2.84. The zero-order valence-electron chi connectivity index (χ0n) is 21.7. The molecule has 0 aliphatic heterocycles. The van der Waals surface area contributed by atoms with E-state index >= 15 is 0 Å². The van der Waals surface area contributed by atoms with Crippen molar-refractivity contribution in [3.8, 4) is 0 Å². The maximum Gasteiger partial charge on any atom is 0.181 e. The van der Waals surface area contributed by atoms with Crippen molar-refractivity contribution in [3.63, 3.8) is 0 Å². The Bertz CT molecular complexity index is 870. The van der Waals surface area contributed by atoms with E-state index in [1.165, 1.54) is 27.8 Å². The monoisotopic (exact) mass is 465 g/mol. The first-order valence-corrected chi connectivity index (χ1v) is 12.1. The minimum absolute atomic E-state index is 0.145. The lowest BCUT2D eigenvalue weighted by Crippen LogP contribution is -2.48. The number of hydrogen-bond donors (Lipinski definition) is 3. The molecule has 2 aromatic rings. The molecule has 0 saturated heterocycles. The van der Waals surface area contributed by atoms with Gasteiger partial charge in [0.05, 0.1) is 6.04 Å². The quantitative estimate of drug-likeness (QED) is 0.169. The van der Waals surface area contributed by atoms with Gasteiger partial charge in [-0.2, -0.15) is 0 Å². The molecule has 0 heterocycles. The second-order valence-corrected chi connectivity index (χ2v) is 7.97. The van der Waals surface area contributed by atoms with Crippen LogP contribution in [0.1, 0.15) is 72.6 Å². The lowest BCUT2D eigenvalue weighted by Gasteiger charge is -2.21. The molecule has 2 unspecified atom stereocenters. The van der Waals surface area contributed by atoms with Gasteiger partial charge in [-0.15, -0.1) is 6.58 Å². The standard InChI is InChI=1S/C24H31N3S.C3H6.C2H6/c1-17(16-18(2)22-12-8-6-9-13-22)19(3)20(4)26-27-24(28)25-21(5)23-14-10-7-11-15-23;1-3-2;1-2/h6-16,20-21,26H,1-5H3,(H2,25,27,28);3H,1H2,2H3;1-2H3/b18-16+,19-17+;;. The molecule has 3 nitrogen and oxygen atoms in total. The number of hydrogen-bond acceptors (Lipinski definition) is 2. The Morgan fingerprint density at radius 2 is 1.39 bits per heavy atom. The molecule has 2 atom stereocenters. The molecule has 0 aliphatic rings. The summed E-state index contributed by atoms with van der Waals surface area (Å²) in [5.41, 5.74) is 12.6. The first-order valence-electron chi connectivity index (χ1n) is 11.6. The molecule has 0 aromatic heterocycles. The summed E-state index contributed by atoms with van der Waals surface area (Å²) >= 11 is 5.42. The highest BCUT2D eigenvalue weighted by molar-refractivity contribution is 7.80. The van der Waals surface area contributed by atoms with Crippen LogP contribution in [-0.4, -0.2) is 11.2 Å². The van der Waals surface area contributed by atoms with Crippen molar-refractivity contribution in [2.45, 2.75) is 67.5 Å². The third kappa shape index (κ3) is 12.2. The van der Waals surface area contributed by atoms with Crippen LogP contribution in [0, 0.1) is 0 Å². The molecule has 3 N–H and O–H groups in total. The van der Waals surface area contributed by atoms with E-state index in [4.69, 9.17) is 12.2 Å². The van der Waals surface area contributed by atoms with Gasteiger partial charge in [0.25, 0.3) is 0 Å². The van der Waals surface area contributed by atoms with Gasteiger partial charge in [0.1, 0.15) is 0 Å². The lowest BCUT2D eigenvalue weighted by atomic mass is 10.00. The maximum atomic E-state index is 5.42. The van der Waals surface area contributed by atoms with Gasteiger partial charge in [0.2, 0.25) is 0 Å². The Kier molecular flexibility index (Phi) is 16.4. The summed E-state index contributed by atoms with van der Waals surface area (Å²) in [6.45, 7) is 19.9. The molecule has 0 fully saturated rings. The van der Waals surface area contributed by atoms with Crippen LogP contribution in [0.5, 0.6) is 0 Å². The lowest BCUT2D eigenvalue weighted by molar-refractivity contribution is 0.559. The van der Waals surface area contributed by atoms with Crippen LogP contribution >= 0.6 is 12.2 Å². The van der Waals surface area contributed by atoms with Crippen LogP contribution in [0.15, 0.2) is 90.5 Å². The van der Waals surface area contributed by atoms with Crippen molar-refractivity contribution >= 4 is 22.9 Å². The van der Waals surface area contributed by atoms with Gasteiger partial charge in [0.15, 0.2) is 5.11 Å². The van der Waals surface area contributed by atoms with Crippen molar-refractivity contribution in [2.24, 2.45) is 0 Å². The normalized spacial score (nSPS) is 13.0. The van der Waals surface area contributed by atoms with Gasteiger partial charge in [-0.05, 0) is 70.5 Å². The van der Waals surface area contributed by atoms with E-state index in [9.17, 15) is 0 Å². The molecule has 2 aromatic carbocycles. The number of nitrogens with one attached hydrogen (secondary N) is 3. The van der Waals surface area contributed by atoms with Crippen LogP contribution in [0.25, 0.3) is 5.57 Å². The molecule has 33 heavy (non-hydrogen) atoms. The van der Waals surface area contributed by atoms with Crippen molar-refractivity contribution in [1.82, 2.24) is 16.2 Å². The van der Waals surface area contributed by atoms with Crippen LogP contribution < -0.4 is 16.2 Å². The van der Waals surface area contributed by atoms with Crippen molar-refractivity contribution in [2.75, 3.05) is 0 Å². The fraction of sp³-hybridized carbons (Fsp3) is 0.345. The highest BCUT2D eigenvalue weighted by Gasteiger charge is 2.09. The third-order valence-corrected chi connectivity index (χ3v) is 5.20. The highest BCUT2D eigenvalue weighted by atomic mass is 32.1. The van der Waals surface area contributed by atoms with E-state index in [2.05, 4.69) is 99.8 Å². The van der Waals surface area contributed by atoms with Crippen molar-refractivity contribution in [1.29, 1.82) is 0 Å². The topological polar surface area (TPSA) is 36.1 Å². The zero-order chi connectivity index (χ0) is 25.2. The summed E-state index contributed by atoms with van der Waals surface area (Å²) in [7, 11) is 0. The van der Waals surface area contributed by atoms with E-state index in [-0.39, 0.29) is 12.1 Å². The minimum Gasteiger partial charge on any atom is -0.355 e. The smallest absolute Gasteiger partial charge is 0.181 e. The number of allylic oxidation sites excluding steroid dienone is 4. The van der Waals surface area contributed by atoms with Crippen LogP contribution in [0.2, 0.25) is 0 Å². The van der Waals surface area contributed by atoms with Gasteiger partial charge >= 0.3 is 0 Å². The van der Waals surface area contributed by atoms with Gasteiger partial charge in [-0.1, -0.05) is 97.8 Å². The average molecular weight is 466 g/mol. The predicted molar refractivity (Wildman–Crippen MR) is 152 cm³/mol. The second kappa shape index (κ2) is 17.8. The summed E-state index contributed by atoms with van der Waals surface area (Å²) in [5, 5.41) is 3.89. The van der Waals surface area contributed by atoms with Gasteiger partial charge in [-0.25, -0.2) is 5.43 Å². The minimum atomic E-state index is 0.145. The summed E-state index contributed by atoms with van der Waals surface area (Å²) in [5.74, 6) is 0. The summed E-state index contributed by atoms with van der Waals surface area (Å²) < 4.78 is 0. The van der Waals surface area contributed by atoms with Crippen molar-refractivity contribution in [3.05, 3.63) is 102 Å². The van der Waals surface area contributed by atoms with E-state index in [0.29, 0.717) is 5.11 Å². The van der Waals surface area contributed by atoms with E-state index in [1.807, 2.05) is 45.0 Å². The highest BCUT2D eigenvalue weighted by Crippen LogP contribution is 2.18. The SMILES string of the molecule is C/C(=C\C(C)=C(/C)C(C)NNC(=S)NC(C)c1ccccc1)c1ccccc1.C=CC.CC. The molecule has 0 aliphatic carbocycles. The fourth-order valence-electron chi connectivity index (χ4n) is 2.90. The Morgan fingerprint density at radius 3 is 1.91 bits per heavy atom. The first-order chi connectivity index (χ1) is 15.8. The molecular weight excluding hydrogens is 422 g/mol. The predicted octanol–water partition coefficient (Wildman–Crippen LogP) is 7.76. The first kappa shape index (κ1) is 30.3. The summed E-state index contributed by atoms with van der Waals surface area (Å²) in [4.78, 5) is 0. The molecule has 2 rings (SSSR count). The fourth-order valence-corrected chi connectivity index (χ4v) is 3.14. The molecule has 180 valence electrons. The number of thiocarbonyl (C=S) groups is 1. The van der Waals surface area contributed by atoms with Crippen molar-refractivity contribution < 1.29 is 0 Å². The van der Waals surface area contributed by atoms with Gasteiger partial charge in [-0.3, -0.25) is 5.43 Å².